The Bertz CT molecular complexity index is 1080. The molecule has 3 aromatic rings. The van der Waals surface area contributed by atoms with E-state index in [1.165, 1.54) is 12.1 Å². The first-order chi connectivity index (χ1) is 12.7. The maximum absolute atomic E-state index is 13.1. The summed E-state index contributed by atoms with van der Waals surface area (Å²) in [6.45, 7) is 0. The number of amides is 1. The zero-order chi connectivity index (χ0) is 19.7. The molecule has 5 nitrogen and oxygen atoms in total. The van der Waals surface area contributed by atoms with Gasteiger partial charge in [0.1, 0.15) is 0 Å². The van der Waals surface area contributed by atoms with Gasteiger partial charge in [-0.1, -0.05) is 18.2 Å². The average Bonchev–Trinajstić information content (AvgIpc) is 3.15. The standard InChI is InChI=1S/C18H13F3N2O3S/c19-18(20,21)15-8-1-2-9-16(15)27(25,26)22-17(24)13-6-5-7-14(12-13)23-10-3-4-11-23/h1-12H,(H,22,24). The summed E-state index contributed by atoms with van der Waals surface area (Å²) in [6, 6.07) is 13.3. The number of sulfonamides is 1. The number of halogens is 3. The molecule has 0 bridgehead atoms. The second-order valence-corrected chi connectivity index (χ2v) is 7.22. The molecule has 0 unspecified atom stereocenters. The molecule has 0 fully saturated rings. The number of rotatable bonds is 4. The Morgan fingerprint density at radius 2 is 1.59 bits per heavy atom. The van der Waals surface area contributed by atoms with E-state index in [-0.39, 0.29) is 5.56 Å². The van der Waals surface area contributed by atoms with Gasteiger partial charge in [0.2, 0.25) is 0 Å². The quantitative estimate of drug-likeness (QED) is 0.735. The normalized spacial score (nSPS) is 12.0. The van der Waals surface area contributed by atoms with Gasteiger partial charge in [0.15, 0.2) is 0 Å². The number of hydrogen-bond acceptors (Lipinski definition) is 3. The molecule has 3 rings (SSSR count). The van der Waals surface area contributed by atoms with Crippen molar-refractivity contribution >= 4 is 15.9 Å². The molecule has 0 aliphatic rings. The topological polar surface area (TPSA) is 68.2 Å². The lowest BCUT2D eigenvalue weighted by molar-refractivity contribution is -0.139. The van der Waals surface area contributed by atoms with Crippen LogP contribution in [-0.4, -0.2) is 18.9 Å². The Morgan fingerprint density at radius 3 is 2.26 bits per heavy atom. The van der Waals surface area contributed by atoms with Crippen LogP contribution in [0, 0.1) is 0 Å². The summed E-state index contributed by atoms with van der Waals surface area (Å²) in [5.74, 6) is -1.03. The minimum atomic E-state index is -4.87. The highest BCUT2D eigenvalue weighted by atomic mass is 32.2. The molecule has 0 spiro atoms. The molecule has 9 heteroatoms. The van der Waals surface area contributed by atoms with E-state index >= 15 is 0 Å². The summed E-state index contributed by atoms with van der Waals surface area (Å²) >= 11 is 0. The number of alkyl halides is 3. The fourth-order valence-electron chi connectivity index (χ4n) is 2.49. The fraction of sp³-hybridized carbons (Fsp3) is 0.0556. The largest absolute Gasteiger partial charge is 0.417 e. The lowest BCUT2D eigenvalue weighted by Gasteiger charge is -2.14. The first-order valence-corrected chi connectivity index (χ1v) is 9.13. The molecule has 0 saturated heterocycles. The maximum Gasteiger partial charge on any atom is 0.417 e. The maximum atomic E-state index is 13.1. The van der Waals surface area contributed by atoms with Crippen LogP contribution in [0.4, 0.5) is 13.2 Å². The number of benzene rings is 2. The average molecular weight is 394 g/mol. The van der Waals surface area contributed by atoms with Gasteiger partial charge in [-0.25, -0.2) is 13.1 Å². The lowest BCUT2D eigenvalue weighted by Crippen LogP contribution is -2.32. The molecule has 0 radical (unpaired) electrons. The van der Waals surface area contributed by atoms with Crippen molar-refractivity contribution in [3.05, 3.63) is 84.2 Å². The first-order valence-electron chi connectivity index (χ1n) is 7.65. The summed E-state index contributed by atoms with van der Waals surface area (Å²) in [6.07, 6.45) is -1.41. The third-order valence-electron chi connectivity index (χ3n) is 3.72. The van der Waals surface area contributed by atoms with Gasteiger partial charge in [0.05, 0.1) is 10.5 Å². The summed E-state index contributed by atoms with van der Waals surface area (Å²) in [5, 5.41) is 0. The second-order valence-electron chi connectivity index (χ2n) is 5.57. The molecule has 1 heterocycles. The number of carbonyl (C=O) groups excluding carboxylic acids is 1. The third-order valence-corrected chi connectivity index (χ3v) is 5.11. The van der Waals surface area contributed by atoms with E-state index < -0.39 is 32.6 Å². The van der Waals surface area contributed by atoms with Crippen molar-refractivity contribution in [2.45, 2.75) is 11.1 Å². The van der Waals surface area contributed by atoms with Gasteiger partial charge in [0.25, 0.3) is 15.9 Å². The lowest BCUT2D eigenvalue weighted by atomic mass is 10.2. The van der Waals surface area contributed by atoms with E-state index in [0.29, 0.717) is 11.8 Å². The number of hydrogen-bond donors (Lipinski definition) is 1. The van der Waals surface area contributed by atoms with Gasteiger partial charge in [-0.05, 0) is 42.5 Å². The zero-order valence-electron chi connectivity index (χ0n) is 13.6. The first kappa shape index (κ1) is 18.7. The van der Waals surface area contributed by atoms with Crippen LogP contribution >= 0.6 is 0 Å². The van der Waals surface area contributed by atoms with Crippen LogP contribution in [0.25, 0.3) is 5.69 Å². The zero-order valence-corrected chi connectivity index (χ0v) is 14.5. The van der Waals surface area contributed by atoms with Gasteiger partial charge >= 0.3 is 6.18 Å². The molecule has 0 atom stereocenters. The predicted molar refractivity (Wildman–Crippen MR) is 91.9 cm³/mol. The minimum absolute atomic E-state index is 0.00531. The Kier molecular flexibility index (Phi) is 4.79. The third kappa shape index (κ3) is 4.03. The van der Waals surface area contributed by atoms with Gasteiger partial charge < -0.3 is 4.57 Å². The van der Waals surface area contributed by atoms with Crippen molar-refractivity contribution in [1.29, 1.82) is 0 Å². The molecule has 2 aromatic carbocycles. The summed E-state index contributed by atoms with van der Waals surface area (Å²) in [5.41, 5.74) is -0.749. The Hall–Kier alpha value is -3.07. The van der Waals surface area contributed by atoms with E-state index in [1.54, 1.807) is 45.9 Å². The van der Waals surface area contributed by atoms with E-state index in [0.717, 1.165) is 18.2 Å². The molecule has 27 heavy (non-hydrogen) atoms. The smallest absolute Gasteiger partial charge is 0.324 e. The molecule has 1 amide bonds. The number of nitrogens with zero attached hydrogens (tertiary/aromatic N) is 1. The van der Waals surface area contributed by atoms with Crippen LogP contribution in [0.3, 0.4) is 0 Å². The fourth-order valence-corrected chi connectivity index (χ4v) is 3.69. The van der Waals surface area contributed by atoms with Gasteiger partial charge in [-0.15, -0.1) is 0 Å². The van der Waals surface area contributed by atoms with E-state index in [4.69, 9.17) is 0 Å². The summed E-state index contributed by atoms with van der Waals surface area (Å²) in [7, 11) is -4.71. The second kappa shape index (κ2) is 6.92. The summed E-state index contributed by atoms with van der Waals surface area (Å²) in [4.78, 5) is 11.3. The highest BCUT2D eigenvalue weighted by molar-refractivity contribution is 7.90. The highest BCUT2D eigenvalue weighted by Crippen LogP contribution is 2.33. The van der Waals surface area contributed by atoms with Gasteiger partial charge in [-0.2, -0.15) is 13.2 Å². The van der Waals surface area contributed by atoms with E-state index in [9.17, 15) is 26.4 Å². The van der Waals surface area contributed by atoms with Gasteiger partial charge in [-0.3, -0.25) is 4.79 Å². The van der Waals surface area contributed by atoms with Crippen LogP contribution in [0.15, 0.2) is 78.0 Å². The molecule has 1 aromatic heterocycles. The van der Waals surface area contributed by atoms with E-state index in [1.807, 2.05) is 0 Å². The minimum Gasteiger partial charge on any atom is -0.324 e. The molecule has 0 aliphatic heterocycles. The number of carbonyl (C=O) groups is 1. The Labute approximate surface area is 153 Å². The van der Waals surface area contributed by atoms with Crippen LogP contribution in [0.2, 0.25) is 0 Å². The van der Waals surface area contributed by atoms with Crippen LogP contribution in [0.5, 0.6) is 0 Å². The molecule has 1 N–H and O–H groups in total. The molecular formula is C18H13F3N2O3S. The Balaban J connectivity index is 1.92. The van der Waals surface area contributed by atoms with Crippen molar-refractivity contribution in [3.8, 4) is 5.69 Å². The predicted octanol–water partition coefficient (Wildman–Crippen LogP) is 3.61. The molecule has 140 valence electrons. The van der Waals surface area contributed by atoms with E-state index in [2.05, 4.69) is 0 Å². The van der Waals surface area contributed by atoms with Gasteiger partial charge in [0, 0.05) is 23.6 Å². The highest BCUT2D eigenvalue weighted by Gasteiger charge is 2.37. The monoisotopic (exact) mass is 394 g/mol. The van der Waals surface area contributed by atoms with Crippen molar-refractivity contribution < 1.29 is 26.4 Å². The number of aromatic nitrogens is 1. The van der Waals surface area contributed by atoms with Crippen molar-refractivity contribution in [1.82, 2.24) is 9.29 Å². The Morgan fingerprint density at radius 1 is 0.926 bits per heavy atom. The molecule has 0 aliphatic carbocycles. The van der Waals surface area contributed by atoms with Crippen molar-refractivity contribution in [2.24, 2.45) is 0 Å². The van der Waals surface area contributed by atoms with Crippen molar-refractivity contribution in [3.63, 3.8) is 0 Å². The summed E-state index contributed by atoms with van der Waals surface area (Å²) < 4.78 is 67.3. The number of nitrogens with one attached hydrogen (secondary N) is 1. The van der Waals surface area contributed by atoms with Crippen LogP contribution < -0.4 is 4.72 Å². The van der Waals surface area contributed by atoms with Crippen molar-refractivity contribution in [2.75, 3.05) is 0 Å². The molecule has 0 saturated carbocycles. The molecular weight excluding hydrogens is 381 g/mol. The van der Waals surface area contributed by atoms with Crippen LogP contribution in [0.1, 0.15) is 15.9 Å². The SMILES string of the molecule is O=C(NS(=O)(=O)c1ccccc1C(F)(F)F)c1cccc(-n2cccc2)c1. The van der Waals surface area contributed by atoms with Crippen LogP contribution in [-0.2, 0) is 16.2 Å².